The van der Waals surface area contributed by atoms with Gasteiger partial charge in [-0.15, -0.1) is 24.8 Å². The van der Waals surface area contributed by atoms with Crippen LogP contribution in [0.3, 0.4) is 0 Å². The molecule has 19 heavy (non-hydrogen) atoms. The second-order valence-electron chi connectivity index (χ2n) is 4.40. The Bertz CT molecular complexity index is 500. The number of aromatic nitrogens is 2. The minimum Gasteiger partial charge on any atom is -0.333 e. The number of H-pyrrole nitrogens is 1. The quantitative estimate of drug-likeness (QED) is 0.853. The molecule has 2 aromatic rings. The molecule has 0 aliphatic rings. The van der Waals surface area contributed by atoms with Crippen LogP contribution in [-0.2, 0) is 6.42 Å². The molecule has 1 aromatic carbocycles. The van der Waals surface area contributed by atoms with E-state index in [1.807, 2.05) is 0 Å². The normalized spacial score (nSPS) is 10.3. The summed E-state index contributed by atoms with van der Waals surface area (Å²) in [6, 6.07) is 6.44. The average molecular weight is 322 g/mol. The van der Waals surface area contributed by atoms with Gasteiger partial charge in [0.05, 0.1) is 11.0 Å². The van der Waals surface area contributed by atoms with Crippen LogP contribution >= 0.6 is 36.6 Å². The number of nitrogens with zero attached hydrogens (tertiary/aromatic N) is 2. The lowest BCUT2D eigenvalue weighted by molar-refractivity contribution is 0.437. The molecule has 3 nitrogen and oxygen atoms in total. The molecule has 0 amide bonds. The van der Waals surface area contributed by atoms with Gasteiger partial charge in [-0.1, -0.05) is 24.8 Å². The molecule has 0 atom stereocenters. The van der Waals surface area contributed by atoms with E-state index in [1.165, 1.54) is 5.56 Å². The van der Waals surface area contributed by atoms with E-state index in [0.29, 0.717) is 0 Å². The van der Waals surface area contributed by atoms with Crippen LogP contribution in [0.1, 0.15) is 12.5 Å². The minimum atomic E-state index is 0. The highest BCUT2D eigenvalue weighted by Gasteiger charge is 2.03. The van der Waals surface area contributed by atoms with Crippen LogP contribution < -0.4 is 0 Å². The van der Waals surface area contributed by atoms with Crippen molar-refractivity contribution < 1.29 is 0 Å². The van der Waals surface area contributed by atoms with Gasteiger partial charge in [0, 0.05) is 12.3 Å². The number of aromatic amines is 1. The lowest BCUT2D eigenvalue weighted by Crippen LogP contribution is -2.14. The maximum atomic E-state index is 4.57. The Kier molecular flexibility index (Phi) is 8.50. The SMILES string of the molecule is CCc1ccc2nc(SCCN(C)C)[nH]c2c1.Cl.Cl. The molecule has 6 heteroatoms. The van der Waals surface area contributed by atoms with Crippen LogP contribution in [0.5, 0.6) is 0 Å². The molecule has 0 radical (unpaired) electrons. The molecule has 2 rings (SSSR count). The minimum absolute atomic E-state index is 0. The van der Waals surface area contributed by atoms with E-state index in [-0.39, 0.29) is 24.8 Å². The van der Waals surface area contributed by atoms with Crippen molar-refractivity contribution in [3.63, 3.8) is 0 Å². The van der Waals surface area contributed by atoms with Crippen molar-refractivity contribution in [2.75, 3.05) is 26.4 Å². The summed E-state index contributed by atoms with van der Waals surface area (Å²) < 4.78 is 0. The van der Waals surface area contributed by atoms with Crippen molar-refractivity contribution in [1.29, 1.82) is 0 Å². The summed E-state index contributed by atoms with van der Waals surface area (Å²) >= 11 is 1.78. The summed E-state index contributed by atoms with van der Waals surface area (Å²) in [5, 5.41) is 1.02. The van der Waals surface area contributed by atoms with Crippen LogP contribution in [0, 0.1) is 0 Å². The molecular formula is C13H21Cl2N3S. The van der Waals surface area contributed by atoms with E-state index in [2.05, 4.69) is 54.1 Å². The number of benzene rings is 1. The molecule has 1 aromatic heterocycles. The Balaban J connectivity index is 0.00000162. The predicted molar refractivity (Wildman–Crippen MR) is 89.2 cm³/mol. The molecule has 0 aliphatic heterocycles. The van der Waals surface area contributed by atoms with Crippen LogP contribution in [0.4, 0.5) is 0 Å². The first kappa shape index (κ1) is 18.6. The Hall–Kier alpha value is -0.420. The van der Waals surface area contributed by atoms with Gasteiger partial charge in [0.2, 0.25) is 0 Å². The van der Waals surface area contributed by atoms with Crippen molar-refractivity contribution in [2.45, 2.75) is 18.5 Å². The van der Waals surface area contributed by atoms with Gasteiger partial charge < -0.3 is 9.88 Å². The number of fused-ring (bicyclic) bond motifs is 1. The number of aryl methyl sites for hydroxylation is 1. The molecular weight excluding hydrogens is 301 g/mol. The zero-order chi connectivity index (χ0) is 12.3. The maximum absolute atomic E-state index is 4.57. The number of nitrogens with one attached hydrogen (secondary N) is 1. The molecule has 0 spiro atoms. The molecule has 0 fully saturated rings. The number of thioether (sulfide) groups is 1. The van der Waals surface area contributed by atoms with Crippen LogP contribution in [-0.4, -0.2) is 41.3 Å². The standard InChI is InChI=1S/C13H19N3S.2ClH/c1-4-10-5-6-11-12(9-10)15-13(14-11)17-8-7-16(2)3;;/h5-6,9H,4,7-8H2,1-3H3,(H,14,15);2*1H. The largest absolute Gasteiger partial charge is 0.333 e. The first-order chi connectivity index (χ1) is 8.19. The lowest BCUT2D eigenvalue weighted by atomic mass is 10.1. The second kappa shape index (κ2) is 8.69. The summed E-state index contributed by atoms with van der Waals surface area (Å²) in [5.74, 6) is 1.06. The van der Waals surface area contributed by atoms with E-state index in [0.717, 1.165) is 34.9 Å². The summed E-state index contributed by atoms with van der Waals surface area (Å²) in [6.45, 7) is 3.24. The Morgan fingerprint density at radius 3 is 2.63 bits per heavy atom. The van der Waals surface area contributed by atoms with Gasteiger partial charge in [-0.25, -0.2) is 4.98 Å². The van der Waals surface area contributed by atoms with Gasteiger partial charge in [0.15, 0.2) is 5.16 Å². The monoisotopic (exact) mass is 321 g/mol. The van der Waals surface area contributed by atoms with Crippen molar-refractivity contribution >= 4 is 47.6 Å². The molecule has 0 bridgehead atoms. The van der Waals surface area contributed by atoms with Crippen LogP contribution in [0.25, 0.3) is 11.0 Å². The third-order valence-electron chi connectivity index (χ3n) is 2.71. The fraction of sp³-hybridized carbons (Fsp3) is 0.462. The third-order valence-corrected chi connectivity index (χ3v) is 3.56. The van der Waals surface area contributed by atoms with Crippen molar-refractivity contribution in [1.82, 2.24) is 14.9 Å². The molecule has 1 heterocycles. The number of imidazole rings is 1. The first-order valence-corrected chi connectivity index (χ1v) is 6.93. The number of rotatable bonds is 5. The third kappa shape index (κ3) is 5.22. The van der Waals surface area contributed by atoms with Gasteiger partial charge in [-0.3, -0.25) is 0 Å². The average Bonchev–Trinajstić information content (AvgIpc) is 2.69. The Labute approximate surface area is 131 Å². The molecule has 0 aliphatic carbocycles. The Morgan fingerprint density at radius 2 is 2.00 bits per heavy atom. The second-order valence-corrected chi connectivity index (χ2v) is 5.48. The van der Waals surface area contributed by atoms with Crippen LogP contribution in [0.15, 0.2) is 23.4 Å². The number of hydrogen-bond acceptors (Lipinski definition) is 3. The highest BCUT2D eigenvalue weighted by Crippen LogP contribution is 2.20. The topological polar surface area (TPSA) is 31.9 Å². The van der Waals surface area contributed by atoms with Gasteiger partial charge >= 0.3 is 0 Å². The lowest BCUT2D eigenvalue weighted by Gasteiger charge is -2.06. The van der Waals surface area contributed by atoms with Gasteiger partial charge in [-0.2, -0.15) is 0 Å². The summed E-state index contributed by atoms with van der Waals surface area (Å²) in [6.07, 6.45) is 1.07. The Morgan fingerprint density at radius 1 is 1.26 bits per heavy atom. The predicted octanol–water partition coefficient (Wildman–Crippen LogP) is 3.62. The zero-order valence-electron chi connectivity index (χ0n) is 11.5. The molecule has 0 saturated carbocycles. The summed E-state index contributed by atoms with van der Waals surface area (Å²) in [4.78, 5) is 10.1. The van der Waals surface area contributed by atoms with Crippen LogP contribution in [0.2, 0.25) is 0 Å². The zero-order valence-corrected chi connectivity index (χ0v) is 13.9. The smallest absolute Gasteiger partial charge is 0.166 e. The number of halogens is 2. The van der Waals surface area contributed by atoms with Crippen molar-refractivity contribution in [2.24, 2.45) is 0 Å². The van der Waals surface area contributed by atoms with Crippen molar-refractivity contribution in [3.05, 3.63) is 23.8 Å². The highest BCUT2D eigenvalue weighted by molar-refractivity contribution is 7.99. The van der Waals surface area contributed by atoms with E-state index in [4.69, 9.17) is 0 Å². The van der Waals surface area contributed by atoms with Gasteiger partial charge in [-0.05, 0) is 38.2 Å². The van der Waals surface area contributed by atoms with E-state index < -0.39 is 0 Å². The van der Waals surface area contributed by atoms with E-state index in [1.54, 1.807) is 11.8 Å². The fourth-order valence-electron chi connectivity index (χ4n) is 1.65. The van der Waals surface area contributed by atoms with E-state index >= 15 is 0 Å². The van der Waals surface area contributed by atoms with Crippen molar-refractivity contribution in [3.8, 4) is 0 Å². The highest BCUT2D eigenvalue weighted by atomic mass is 35.5. The van der Waals surface area contributed by atoms with Gasteiger partial charge in [0.25, 0.3) is 0 Å². The molecule has 0 unspecified atom stereocenters. The molecule has 0 saturated heterocycles. The van der Waals surface area contributed by atoms with Gasteiger partial charge in [0.1, 0.15) is 0 Å². The summed E-state index contributed by atoms with van der Waals surface area (Å²) in [7, 11) is 4.18. The molecule has 1 N–H and O–H groups in total. The fourth-order valence-corrected chi connectivity index (χ4v) is 2.64. The number of hydrogen-bond donors (Lipinski definition) is 1. The summed E-state index contributed by atoms with van der Waals surface area (Å²) in [5.41, 5.74) is 3.57. The molecule has 108 valence electrons. The maximum Gasteiger partial charge on any atom is 0.166 e. The first-order valence-electron chi connectivity index (χ1n) is 5.95. The van der Waals surface area contributed by atoms with E-state index in [9.17, 15) is 0 Å².